The minimum atomic E-state index is -1.23. The lowest BCUT2D eigenvalue weighted by molar-refractivity contribution is -0.123. The van der Waals surface area contributed by atoms with Crippen LogP contribution in [0, 0.1) is 5.82 Å². The van der Waals surface area contributed by atoms with E-state index in [9.17, 15) is 14.0 Å². The molecule has 0 saturated carbocycles. The lowest BCUT2D eigenvalue weighted by Gasteiger charge is -2.33. The zero-order valence-corrected chi connectivity index (χ0v) is 18.7. The van der Waals surface area contributed by atoms with Gasteiger partial charge in [0.25, 0.3) is 11.8 Å². The van der Waals surface area contributed by atoms with Gasteiger partial charge >= 0.3 is 0 Å². The average molecular weight is 447 g/mol. The predicted molar refractivity (Wildman–Crippen MR) is 125 cm³/mol. The number of carbonyl (C=O) groups excluding carboxylic acids is 2. The van der Waals surface area contributed by atoms with Gasteiger partial charge in [-0.2, -0.15) is 0 Å². The Balaban J connectivity index is 1.65. The standard InChI is InChI=1S/C26H23FN2O2S/c1-25(2)17-29(23(30)19-12-6-8-14-21(19)27)26(32-25)20-13-7-9-15-22(20)28(24(26)31)16-18-10-4-3-5-11-18/h3-15H,16-17H2,1-2H3. The van der Waals surface area contributed by atoms with Crippen molar-refractivity contribution in [3.05, 3.63) is 101 Å². The minimum Gasteiger partial charge on any atom is -0.310 e. The Morgan fingerprint density at radius 3 is 2.38 bits per heavy atom. The van der Waals surface area contributed by atoms with Crippen molar-refractivity contribution in [2.45, 2.75) is 30.0 Å². The van der Waals surface area contributed by atoms with Crippen LogP contribution in [0.3, 0.4) is 0 Å². The quantitative estimate of drug-likeness (QED) is 0.556. The van der Waals surface area contributed by atoms with Crippen LogP contribution in [0.15, 0.2) is 78.9 Å². The Labute approximate surface area is 191 Å². The Morgan fingerprint density at radius 2 is 1.62 bits per heavy atom. The third kappa shape index (κ3) is 3.13. The number of carbonyl (C=O) groups is 2. The highest BCUT2D eigenvalue weighted by Gasteiger charge is 2.63. The fraction of sp³-hybridized carbons (Fsp3) is 0.231. The van der Waals surface area contributed by atoms with E-state index in [0.717, 1.165) is 16.8 Å². The van der Waals surface area contributed by atoms with Crippen molar-refractivity contribution in [1.82, 2.24) is 4.90 Å². The Kier molecular flexibility index (Phi) is 4.86. The van der Waals surface area contributed by atoms with E-state index in [0.29, 0.717) is 13.1 Å². The van der Waals surface area contributed by atoms with Crippen LogP contribution in [-0.2, 0) is 16.2 Å². The molecule has 5 rings (SSSR count). The number of halogens is 1. The molecule has 3 aromatic rings. The molecule has 4 nitrogen and oxygen atoms in total. The van der Waals surface area contributed by atoms with Crippen molar-refractivity contribution in [1.29, 1.82) is 0 Å². The van der Waals surface area contributed by atoms with Crippen LogP contribution in [0.4, 0.5) is 10.1 Å². The van der Waals surface area contributed by atoms with Gasteiger partial charge < -0.3 is 9.80 Å². The molecule has 0 radical (unpaired) electrons. The van der Waals surface area contributed by atoms with Gasteiger partial charge in [0.15, 0.2) is 4.87 Å². The van der Waals surface area contributed by atoms with E-state index in [1.165, 1.54) is 23.9 Å². The number of amides is 2. The summed E-state index contributed by atoms with van der Waals surface area (Å²) >= 11 is 1.47. The van der Waals surface area contributed by atoms with Crippen LogP contribution in [-0.4, -0.2) is 28.0 Å². The summed E-state index contributed by atoms with van der Waals surface area (Å²) in [6.45, 7) is 4.78. The first-order valence-electron chi connectivity index (χ1n) is 10.6. The molecule has 2 aliphatic rings. The second kappa shape index (κ2) is 7.48. The molecule has 2 aliphatic heterocycles. The molecule has 0 bridgehead atoms. The highest BCUT2D eigenvalue weighted by atomic mass is 32.2. The summed E-state index contributed by atoms with van der Waals surface area (Å²) in [4.78, 5) is 29.9. The number of hydrogen-bond donors (Lipinski definition) is 0. The molecular formula is C26H23FN2O2S. The normalized spacial score (nSPS) is 21.3. The molecule has 0 aliphatic carbocycles. The van der Waals surface area contributed by atoms with E-state index < -0.39 is 16.6 Å². The molecule has 6 heteroatoms. The van der Waals surface area contributed by atoms with Gasteiger partial charge in [-0.25, -0.2) is 4.39 Å². The second-order valence-corrected chi connectivity index (χ2v) is 10.7. The summed E-state index contributed by atoms with van der Waals surface area (Å²) in [6.07, 6.45) is 0. The molecule has 162 valence electrons. The monoisotopic (exact) mass is 446 g/mol. The molecule has 3 aromatic carbocycles. The molecule has 1 unspecified atom stereocenters. The van der Waals surface area contributed by atoms with Crippen LogP contribution in [0.1, 0.15) is 35.3 Å². The molecular weight excluding hydrogens is 423 g/mol. The third-order valence-electron chi connectivity index (χ3n) is 5.97. The lowest BCUT2D eigenvalue weighted by Crippen LogP contribution is -2.50. The zero-order valence-electron chi connectivity index (χ0n) is 17.9. The van der Waals surface area contributed by atoms with Crippen molar-refractivity contribution in [2.75, 3.05) is 11.4 Å². The van der Waals surface area contributed by atoms with Crippen LogP contribution in [0.25, 0.3) is 0 Å². The summed E-state index contributed by atoms with van der Waals surface area (Å²) in [5.41, 5.74) is 2.55. The molecule has 0 aromatic heterocycles. The van der Waals surface area contributed by atoms with Gasteiger partial charge in [0, 0.05) is 16.9 Å². The second-order valence-electron chi connectivity index (χ2n) is 8.77. The van der Waals surface area contributed by atoms with Gasteiger partial charge in [-0.15, -0.1) is 11.8 Å². The molecule has 2 heterocycles. The maximum atomic E-state index is 14.6. The summed E-state index contributed by atoms with van der Waals surface area (Å²) in [7, 11) is 0. The number of para-hydroxylation sites is 1. The fourth-order valence-corrected chi connectivity index (χ4v) is 6.39. The van der Waals surface area contributed by atoms with Crippen molar-refractivity contribution >= 4 is 29.3 Å². The van der Waals surface area contributed by atoms with Crippen LogP contribution in [0.2, 0.25) is 0 Å². The molecule has 32 heavy (non-hydrogen) atoms. The average Bonchev–Trinajstić information content (AvgIpc) is 3.21. The van der Waals surface area contributed by atoms with Crippen molar-refractivity contribution in [2.24, 2.45) is 0 Å². The molecule has 0 N–H and O–H groups in total. The first-order valence-corrected chi connectivity index (χ1v) is 11.4. The van der Waals surface area contributed by atoms with E-state index >= 15 is 0 Å². The van der Waals surface area contributed by atoms with E-state index in [1.807, 2.05) is 68.4 Å². The number of rotatable bonds is 3. The van der Waals surface area contributed by atoms with Gasteiger partial charge in [-0.3, -0.25) is 9.59 Å². The Hall–Kier alpha value is -3.12. The first-order chi connectivity index (χ1) is 15.3. The Morgan fingerprint density at radius 1 is 0.969 bits per heavy atom. The van der Waals surface area contributed by atoms with E-state index in [-0.39, 0.29) is 16.2 Å². The third-order valence-corrected chi connectivity index (χ3v) is 7.56. The number of fused-ring (bicyclic) bond motifs is 2. The molecule has 1 saturated heterocycles. The summed E-state index contributed by atoms with van der Waals surface area (Å²) < 4.78 is 14.2. The summed E-state index contributed by atoms with van der Waals surface area (Å²) in [6, 6.07) is 23.4. The number of hydrogen-bond acceptors (Lipinski definition) is 3. The van der Waals surface area contributed by atoms with Crippen molar-refractivity contribution < 1.29 is 14.0 Å². The minimum absolute atomic E-state index is 0.0167. The van der Waals surface area contributed by atoms with Gasteiger partial charge in [-0.1, -0.05) is 60.7 Å². The highest BCUT2D eigenvalue weighted by molar-refractivity contribution is 8.02. The smallest absolute Gasteiger partial charge is 0.268 e. The SMILES string of the molecule is CC1(C)CN(C(=O)c2ccccc2F)C2(S1)C(=O)N(Cc1ccccc1)c1ccccc12. The van der Waals surface area contributed by atoms with Crippen LogP contribution in [0.5, 0.6) is 0 Å². The van der Waals surface area contributed by atoms with Crippen LogP contribution < -0.4 is 4.90 Å². The Bertz CT molecular complexity index is 1210. The lowest BCUT2D eigenvalue weighted by atomic mass is 10.0. The number of benzene rings is 3. The van der Waals surface area contributed by atoms with Gasteiger partial charge in [-0.05, 0) is 37.6 Å². The topological polar surface area (TPSA) is 40.6 Å². The maximum absolute atomic E-state index is 14.6. The number of thioether (sulfide) groups is 1. The zero-order chi connectivity index (χ0) is 22.5. The highest BCUT2D eigenvalue weighted by Crippen LogP contribution is 2.60. The largest absolute Gasteiger partial charge is 0.310 e. The van der Waals surface area contributed by atoms with E-state index in [4.69, 9.17) is 0 Å². The predicted octanol–water partition coefficient (Wildman–Crippen LogP) is 5.19. The van der Waals surface area contributed by atoms with E-state index in [2.05, 4.69) is 0 Å². The van der Waals surface area contributed by atoms with Gasteiger partial charge in [0.05, 0.1) is 17.8 Å². The van der Waals surface area contributed by atoms with Crippen molar-refractivity contribution in [3.63, 3.8) is 0 Å². The number of anilines is 1. The maximum Gasteiger partial charge on any atom is 0.268 e. The van der Waals surface area contributed by atoms with Crippen LogP contribution >= 0.6 is 11.8 Å². The summed E-state index contributed by atoms with van der Waals surface area (Å²) in [5.74, 6) is -1.21. The van der Waals surface area contributed by atoms with Gasteiger partial charge in [0.2, 0.25) is 0 Å². The van der Waals surface area contributed by atoms with E-state index in [1.54, 1.807) is 21.9 Å². The number of nitrogens with zero attached hydrogens (tertiary/aromatic N) is 2. The molecule has 1 spiro atoms. The van der Waals surface area contributed by atoms with Gasteiger partial charge in [0.1, 0.15) is 5.82 Å². The summed E-state index contributed by atoms with van der Waals surface area (Å²) in [5, 5.41) is 0. The fourth-order valence-electron chi connectivity index (χ4n) is 4.66. The van der Waals surface area contributed by atoms with Crippen molar-refractivity contribution in [3.8, 4) is 0 Å². The first kappa shape index (κ1) is 20.8. The molecule has 1 atom stereocenters. The molecule has 1 fully saturated rings. The molecule has 2 amide bonds.